The number of nitrogens with zero attached hydrogens (tertiary/aromatic N) is 2. The molecule has 8 nitrogen and oxygen atoms in total. The van der Waals surface area contributed by atoms with Gasteiger partial charge in [0.15, 0.2) is 5.79 Å². The number of esters is 1. The number of pyridine rings is 1. The van der Waals surface area contributed by atoms with Gasteiger partial charge in [0.1, 0.15) is 11.4 Å². The van der Waals surface area contributed by atoms with E-state index in [0.29, 0.717) is 19.3 Å². The zero-order chi connectivity index (χ0) is 33.4. The summed E-state index contributed by atoms with van der Waals surface area (Å²) in [5.41, 5.74) is 6.59. The third kappa shape index (κ3) is 7.70. The molecule has 244 valence electrons. The van der Waals surface area contributed by atoms with Gasteiger partial charge in [-0.3, -0.25) is 19.9 Å². The van der Waals surface area contributed by atoms with Crippen LogP contribution >= 0.6 is 0 Å². The second-order valence-corrected chi connectivity index (χ2v) is 13.9. The van der Waals surface area contributed by atoms with Crippen LogP contribution in [0.1, 0.15) is 96.2 Å². The third-order valence-electron chi connectivity index (χ3n) is 8.12. The Hall–Kier alpha value is -3.95. The molecule has 2 aliphatic rings. The molecule has 2 atom stereocenters. The molecular weight excluding hydrogens is 587 g/mol. The second-order valence-electron chi connectivity index (χ2n) is 13.9. The first kappa shape index (κ1) is 33.4. The molecule has 1 saturated heterocycles. The van der Waals surface area contributed by atoms with Gasteiger partial charge in [0, 0.05) is 40.9 Å². The highest BCUT2D eigenvalue weighted by Gasteiger charge is 2.36. The minimum absolute atomic E-state index is 0.0534. The maximum Gasteiger partial charge on any atom is 0.308 e. The summed E-state index contributed by atoms with van der Waals surface area (Å²) in [6.45, 7) is 13.4. The average molecular weight is 631 g/mol. The maximum absolute atomic E-state index is 14.2. The molecule has 3 aromatic rings. The number of benzene rings is 2. The fourth-order valence-corrected chi connectivity index (χ4v) is 6.42. The smallest absolute Gasteiger partial charge is 0.308 e. The molecule has 2 aromatic carbocycles. The molecule has 1 aliphatic carbocycles. The van der Waals surface area contributed by atoms with Gasteiger partial charge >= 0.3 is 5.97 Å². The van der Waals surface area contributed by atoms with E-state index in [9.17, 15) is 19.3 Å². The largest absolute Gasteiger partial charge is 0.460 e. The summed E-state index contributed by atoms with van der Waals surface area (Å²) >= 11 is 0. The van der Waals surface area contributed by atoms with E-state index in [1.807, 2.05) is 52.8 Å². The van der Waals surface area contributed by atoms with Crippen LogP contribution in [0.15, 0.2) is 48.5 Å². The SMILES string of the molecule is CC(C)c1nc2c(c(-c3ccc(F)cc3)c1C=C[C@@H]1C[C@H](CC(=O)OC(C)(C)C)OC(C)(C)O1)-c1ccc([N+](=O)[O-])cc1CCC2. The molecule has 1 aromatic heterocycles. The van der Waals surface area contributed by atoms with Gasteiger partial charge in [0.05, 0.1) is 29.2 Å². The van der Waals surface area contributed by atoms with E-state index >= 15 is 0 Å². The summed E-state index contributed by atoms with van der Waals surface area (Å²) < 4.78 is 32.2. The van der Waals surface area contributed by atoms with E-state index in [0.717, 1.165) is 51.2 Å². The summed E-state index contributed by atoms with van der Waals surface area (Å²) in [5, 5.41) is 11.6. The Balaban J connectivity index is 1.64. The van der Waals surface area contributed by atoms with Gasteiger partial charge in [0.25, 0.3) is 5.69 Å². The average Bonchev–Trinajstić information content (AvgIpc) is 3.12. The predicted octanol–water partition coefficient (Wildman–Crippen LogP) is 8.73. The van der Waals surface area contributed by atoms with Crippen molar-refractivity contribution in [2.24, 2.45) is 0 Å². The molecule has 0 saturated carbocycles. The first-order valence-electron chi connectivity index (χ1n) is 16.0. The van der Waals surface area contributed by atoms with E-state index < -0.39 is 17.5 Å². The lowest BCUT2D eigenvalue weighted by Gasteiger charge is -2.40. The normalized spacial score (nSPS) is 19.4. The molecule has 0 radical (unpaired) electrons. The van der Waals surface area contributed by atoms with E-state index in [1.54, 1.807) is 18.2 Å². The molecule has 1 aliphatic heterocycles. The molecule has 5 rings (SSSR count). The molecule has 0 bridgehead atoms. The van der Waals surface area contributed by atoms with Crippen molar-refractivity contribution in [3.05, 3.63) is 87.0 Å². The molecule has 0 N–H and O–H groups in total. The summed E-state index contributed by atoms with van der Waals surface area (Å²) in [7, 11) is 0. The topological polar surface area (TPSA) is 101 Å². The van der Waals surface area contributed by atoms with E-state index in [4.69, 9.17) is 19.2 Å². The minimum atomic E-state index is -0.930. The summed E-state index contributed by atoms with van der Waals surface area (Å²) in [4.78, 5) is 29.2. The van der Waals surface area contributed by atoms with Crippen molar-refractivity contribution in [2.45, 2.75) is 110 Å². The Morgan fingerprint density at radius 1 is 1.13 bits per heavy atom. The van der Waals surface area contributed by atoms with Crippen LogP contribution < -0.4 is 0 Å². The van der Waals surface area contributed by atoms with Crippen LogP contribution in [0.5, 0.6) is 0 Å². The van der Waals surface area contributed by atoms with Crippen molar-refractivity contribution in [3.63, 3.8) is 0 Å². The van der Waals surface area contributed by atoms with Crippen LogP contribution in [0.2, 0.25) is 0 Å². The number of ether oxygens (including phenoxy) is 3. The Labute approximate surface area is 270 Å². The fourth-order valence-electron chi connectivity index (χ4n) is 6.42. The Kier molecular flexibility index (Phi) is 9.47. The number of nitro benzene ring substituents is 1. The number of carbonyl (C=O) groups excluding carboxylic acids is 1. The Morgan fingerprint density at radius 3 is 2.50 bits per heavy atom. The van der Waals surface area contributed by atoms with Crippen molar-refractivity contribution in [1.82, 2.24) is 4.98 Å². The Bertz CT molecular complexity index is 1660. The van der Waals surface area contributed by atoms with Crippen LogP contribution in [-0.2, 0) is 31.8 Å². The lowest BCUT2D eigenvalue weighted by molar-refractivity contribution is -0.384. The van der Waals surface area contributed by atoms with Gasteiger partial charge in [-0.15, -0.1) is 0 Å². The van der Waals surface area contributed by atoms with Gasteiger partial charge in [0.2, 0.25) is 0 Å². The van der Waals surface area contributed by atoms with Gasteiger partial charge in [-0.25, -0.2) is 4.39 Å². The monoisotopic (exact) mass is 630 g/mol. The first-order valence-corrected chi connectivity index (χ1v) is 16.0. The number of fused-ring (bicyclic) bond motifs is 3. The van der Waals surface area contributed by atoms with Gasteiger partial charge in [-0.2, -0.15) is 0 Å². The van der Waals surface area contributed by atoms with Crippen LogP contribution in [0, 0.1) is 15.9 Å². The van der Waals surface area contributed by atoms with Crippen LogP contribution in [0.4, 0.5) is 10.1 Å². The quantitative estimate of drug-likeness (QED) is 0.146. The fraction of sp³-hybridized carbons (Fsp3) is 0.459. The number of rotatable bonds is 7. The number of halogens is 1. The van der Waals surface area contributed by atoms with Gasteiger partial charge in [-0.1, -0.05) is 38.1 Å². The van der Waals surface area contributed by atoms with Crippen LogP contribution in [0.3, 0.4) is 0 Å². The number of carbonyl (C=O) groups is 1. The van der Waals surface area contributed by atoms with E-state index in [2.05, 4.69) is 13.8 Å². The van der Waals surface area contributed by atoms with Gasteiger partial charge in [-0.05, 0) is 94.7 Å². The number of hydrogen-bond donors (Lipinski definition) is 0. The summed E-state index contributed by atoms with van der Waals surface area (Å²) in [5.74, 6) is -1.53. The third-order valence-corrected chi connectivity index (χ3v) is 8.12. The molecular formula is C37H43FN2O6. The number of aryl methyl sites for hydroxylation is 2. The zero-order valence-electron chi connectivity index (χ0n) is 27.7. The predicted molar refractivity (Wildman–Crippen MR) is 176 cm³/mol. The highest BCUT2D eigenvalue weighted by atomic mass is 19.1. The molecule has 9 heteroatoms. The van der Waals surface area contributed by atoms with Crippen molar-refractivity contribution in [1.29, 1.82) is 0 Å². The van der Waals surface area contributed by atoms with Crippen molar-refractivity contribution in [3.8, 4) is 22.3 Å². The molecule has 0 spiro atoms. The lowest BCUT2D eigenvalue weighted by Crippen LogP contribution is -2.45. The highest BCUT2D eigenvalue weighted by molar-refractivity contribution is 5.93. The highest BCUT2D eigenvalue weighted by Crippen LogP contribution is 2.45. The Morgan fingerprint density at radius 2 is 1.85 bits per heavy atom. The molecule has 0 amide bonds. The molecule has 1 fully saturated rings. The van der Waals surface area contributed by atoms with E-state index in [-0.39, 0.29) is 40.8 Å². The summed E-state index contributed by atoms with van der Waals surface area (Å²) in [6.07, 6.45) is 5.99. The lowest BCUT2D eigenvalue weighted by atomic mass is 9.85. The second kappa shape index (κ2) is 13.0. The number of nitro groups is 1. The summed E-state index contributed by atoms with van der Waals surface area (Å²) in [6, 6.07) is 11.5. The van der Waals surface area contributed by atoms with Crippen LogP contribution in [-0.4, -0.2) is 39.5 Å². The number of hydrogen-bond acceptors (Lipinski definition) is 7. The first-order chi connectivity index (χ1) is 21.6. The van der Waals surface area contributed by atoms with Crippen molar-refractivity contribution < 1.29 is 28.3 Å². The van der Waals surface area contributed by atoms with E-state index in [1.165, 1.54) is 18.2 Å². The van der Waals surface area contributed by atoms with Gasteiger partial charge < -0.3 is 14.2 Å². The van der Waals surface area contributed by atoms with Crippen LogP contribution in [0.25, 0.3) is 28.3 Å². The molecule has 0 unspecified atom stereocenters. The number of aromatic nitrogens is 1. The van der Waals surface area contributed by atoms with Crippen molar-refractivity contribution in [2.75, 3.05) is 0 Å². The molecule has 46 heavy (non-hydrogen) atoms. The zero-order valence-corrected chi connectivity index (χ0v) is 27.7. The number of non-ortho nitro benzene ring substituents is 1. The minimum Gasteiger partial charge on any atom is -0.460 e. The molecule has 2 heterocycles. The maximum atomic E-state index is 14.2. The van der Waals surface area contributed by atoms with Crippen molar-refractivity contribution >= 4 is 17.7 Å². The standard InChI is InChI=1S/C37H43FN2O6/c1-22(2)35-30(18-16-27-20-28(45-37(6,7)44-27)21-32(41)46-36(3,4)5)33(23-11-13-25(38)14-12-23)34-29-17-15-26(40(42)43)19-24(29)9-8-10-31(34)39-35/h11-19,22,27-28H,8-10,20-21H2,1-7H3/t27-,28-/m1/s1.